The summed E-state index contributed by atoms with van der Waals surface area (Å²) in [5.41, 5.74) is -1.12. The Balaban J connectivity index is 1.56. The Bertz CT molecular complexity index is 627. The number of ether oxygens (including phenoxy) is 1. The number of carbonyl (C=O) groups is 3. The second kappa shape index (κ2) is 4.14. The van der Waals surface area contributed by atoms with E-state index in [9.17, 15) is 14.4 Å². The Kier molecular flexibility index (Phi) is 2.58. The van der Waals surface area contributed by atoms with E-state index in [0.29, 0.717) is 42.8 Å². The summed E-state index contributed by atoms with van der Waals surface area (Å²) in [5.74, 6) is 1.81. The molecule has 0 amide bonds. The van der Waals surface area contributed by atoms with Gasteiger partial charge in [-0.3, -0.25) is 9.59 Å². The number of rotatable bonds is 1. The molecule has 0 N–H and O–H groups in total. The highest BCUT2D eigenvalue weighted by Crippen LogP contribution is 2.71. The molecule has 1 spiro atoms. The lowest BCUT2D eigenvalue weighted by Crippen LogP contribution is -2.60. The summed E-state index contributed by atoms with van der Waals surface area (Å²) in [6.45, 7) is 2.15. The van der Waals surface area contributed by atoms with Crippen molar-refractivity contribution in [2.75, 3.05) is 0 Å². The van der Waals surface area contributed by atoms with Gasteiger partial charge < -0.3 is 9.53 Å². The van der Waals surface area contributed by atoms with Gasteiger partial charge in [0.1, 0.15) is 23.8 Å². The minimum atomic E-state index is -0.485. The first kappa shape index (κ1) is 14.3. The van der Waals surface area contributed by atoms with Crippen LogP contribution < -0.4 is 0 Å². The zero-order valence-electron chi connectivity index (χ0n) is 13.7. The average Bonchev–Trinajstić information content (AvgIpc) is 3.22. The maximum absolute atomic E-state index is 12.4. The molecule has 7 atom stereocenters. The van der Waals surface area contributed by atoms with E-state index >= 15 is 0 Å². The SMILES string of the molecule is C[C@]12CC[C@H]3[C@@H](CC[C@]45O[C@H]4C(=O)CC[C@]35C=O)[C@@H]1CCC2=O. The van der Waals surface area contributed by atoms with Gasteiger partial charge in [0.2, 0.25) is 0 Å². The molecule has 4 saturated carbocycles. The monoisotopic (exact) mass is 316 g/mol. The van der Waals surface area contributed by atoms with Crippen LogP contribution in [0.15, 0.2) is 0 Å². The molecular weight excluding hydrogens is 292 g/mol. The molecule has 5 aliphatic rings. The summed E-state index contributed by atoms with van der Waals surface area (Å²) in [6, 6.07) is 0. The predicted octanol–water partition coefficient (Wildman–Crippen LogP) is 2.48. The number of Topliss-reactive ketones (excluding diaryl/α,β-unsaturated/α-hetero) is 2. The molecule has 0 aromatic heterocycles. The smallest absolute Gasteiger partial charge is 0.164 e. The van der Waals surface area contributed by atoms with Crippen molar-refractivity contribution in [3.05, 3.63) is 0 Å². The Hall–Kier alpha value is -1.03. The molecule has 0 unspecified atom stereocenters. The summed E-state index contributed by atoms with van der Waals surface area (Å²) in [4.78, 5) is 36.8. The van der Waals surface area contributed by atoms with Gasteiger partial charge in [0.25, 0.3) is 0 Å². The van der Waals surface area contributed by atoms with Gasteiger partial charge in [-0.2, -0.15) is 0 Å². The van der Waals surface area contributed by atoms with E-state index in [1.54, 1.807) is 0 Å². The molecule has 4 heteroatoms. The normalized spacial score (nSPS) is 57.1. The highest BCUT2D eigenvalue weighted by atomic mass is 16.6. The van der Waals surface area contributed by atoms with Crippen LogP contribution in [-0.4, -0.2) is 29.6 Å². The number of ketones is 2. The lowest BCUT2D eigenvalue weighted by Gasteiger charge is -2.57. The third-order valence-corrected chi connectivity index (χ3v) is 8.43. The Labute approximate surface area is 136 Å². The van der Waals surface area contributed by atoms with Crippen molar-refractivity contribution in [1.29, 1.82) is 0 Å². The highest BCUT2D eigenvalue weighted by molar-refractivity contribution is 5.91. The van der Waals surface area contributed by atoms with Crippen molar-refractivity contribution in [2.45, 2.75) is 70.0 Å². The predicted molar refractivity (Wildman–Crippen MR) is 81.6 cm³/mol. The van der Waals surface area contributed by atoms with Gasteiger partial charge in [-0.25, -0.2) is 0 Å². The van der Waals surface area contributed by atoms with E-state index in [-0.39, 0.29) is 17.3 Å². The Morgan fingerprint density at radius 3 is 2.65 bits per heavy atom. The zero-order chi connectivity index (χ0) is 16.0. The maximum atomic E-state index is 12.4. The van der Waals surface area contributed by atoms with Crippen LogP contribution >= 0.6 is 0 Å². The van der Waals surface area contributed by atoms with Crippen molar-refractivity contribution >= 4 is 17.9 Å². The van der Waals surface area contributed by atoms with Crippen molar-refractivity contribution in [3.8, 4) is 0 Å². The van der Waals surface area contributed by atoms with E-state index in [0.717, 1.165) is 38.4 Å². The van der Waals surface area contributed by atoms with Crippen molar-refractivity contribution < 1.29 is 19.1 Å². The number of fused-ring (bicyclic) bond motifs is 4. The van der Waals surface area contributed by atoms with Gasteiger partial charge in [0.05, 0.1) is 5.41 Å². The molecule has 0 aromatic rings. The second-order valence-corrected chi connectivity index (χ2v) is 8.85. The van der Waals surface area contributed by atoms with Gasteiger partial charge in [0.15, 0.2) is 5.78 Å². The van der Waals surface area contributed by atoms with E-state index < -0.39 is 11.0 Å². The van der Waals surface area contributed by atoms with Crippen molar-refractivity contribution in [3.63, 3.8) is 0 Å². The summed E-state index contributed by atoms with van der Waals surface area (Å²) >= 11 is 0. The van der Waals surface area contributed by atoms with E-state index in [1.165, 1.54) is 0 Å². The van der Waals surface area contributed by atoms with Gasteiger partial charge in [-0.1, -0.05) is 6.92 Å². The number of carbonyl (C=O) groups excluding carboxylic acids is 3. The first-order valence-electron chi connectivity index (χ1n) is 9.19. The fraction of sp³-hybridized carbons (Fsp3) is 0.842. The summed E-state index contributed by atoms with van der Waals surface area (Å²) in [5, 5.41) is 0. The third kappa shape index (κ3) is 1.42. The molecule has 0 aromatic carbocycles. The van der Waals surface area contributed by atoms with Crippen LogP contribution in [0.2, 0.25) is 0 Å². The van der Waals surface area contributed by atoms with Crippen LogP contribution in [0.3, 0.4) is 0 Å². The molecule has 1 heterocycles. The van der Waals surface area contributed by atoms with Crippen LogP contribution in [0.1, 0.15) is 58.3 Å². The molecule has 23 heavy (non-hydrogen) atoms. The van der Waals surface area contributed by atoms with Crippen molar-refractivity contribution in [1.82, 2.24) is 0 Å². The molecular formula is C19H24O4. The second-order valence-electron chi connectivity index (χ2n) is 8.85. The fourth-order valence-corrected chi connectivity index (χ4v) is 7.18. The lowest BCUT2D eigenvalue weighted by molar-refractivity contribution is -0.150. The van der Waals surface area contributed by atoms with Crippen LogP contribution in [0.25, 0.3) is 0 Å². The van der Waals surface area contributed by atoms with E-state index in [2.05, 4.69) is 6.92 Å². The van der Waals surface area contributed by atoms with Crippen molar-refractivity contribution in [2.24, 2.45) is 28.6 Å². The number of aldehydes is 1. The van der Waals surface area contributed by atoms with Gasteiger partial charge in [0, 0.05) is 18.3 Å². The molecule has 4 aliphatic carbocycles. The van der Waals surface area contributed by atoms with Gasteiger partial charge in [-0.05, 0) is 56.3 Å². The highest BCUT2D eigenvalue weighted by Gasteiger charge is 2.78. The summed E-state index contributed by atoms with van der Waals surface area (Å²) in [7, 11) is 0. The van der Waals surface area contributed by atoms with Gasteiger partial charge in [-0.15, -0.1) is 0 Å². The minimum Gasteiger partial charge on any atom is -0.357 e. The first-order chi connectivity index (χ1) is 11.0. The Morgan fingerprint density at radius 2 is 1.87 bits per heavy atom. The van der Waals surface area contributed by atoms with Crippen LogP contribution in [0, 0.1) is 28.6 Å². The summed E-state index contributed by atoms with van der Waals surface area (Å²) < 4.78 is 5.93. The zero-order valence-corrected chi connectivity index (χ0v) is 13.7. The van der Waals surface area contributed by atoms with Crippen LogP contribution in [-0.2, 0) is 19.1 Å². The largest absolute Gasteiger partial charge is 0.357 e. The summed E-state index contributed by atoms with van der Waals surface area (Å²) in [6.07, 6.45) is 7.34. The molecule has 5 fully saturated rings. The van der Waals surface area contributed by atoms with E-state index in [1.807, 2.05) is 0 Å². The molecule has 1 aliphatic heterocycles. The number of epoxide rings is 1. The molecule has 1 saturated heterocycles. The quantitative estimate of drug-likeness (QED) is 0.551. The van der Waals surface area contributed by atoms with Crippen LogP contribution in [0.5, 0.6) is 0 Å². The molecule has 0 bridgehead atoms. The molecule has 124 valence electrons. The van der Waals surface area contributed by atoms with Crippen LogP contribution in [0.4, 0.5) is 0 Å². The standard InChI is InChI=1S/C19H24O4/c1-17-7-5-13-11(12(17)2-3-15(17)22)4-9-19-16(23-19)14(21)6-8-18(13,19)10-20/h10-13,16H,2-9H2,1H3/t11-,12-,13-,16-,17-,18-,19-/m0/s1. The molecule has 5 rings (SSSR count). The molecule has 4 nitrogen and oxygen atoms in total. The topological polar surface area (TPSA) is 63.7 Å². The first-order valence-corrected chi connectivity index (χ1v) is 9.19. The van der Waals surface area contributed by atoms with E-state index in [4.69, 9.17) is 4.74 Å². The minimum absolute atomic E-state index is 0.163. The number of hydrogen-bond acceptors (Lipinski definition) is 4. The molecule has 0 radical (unpaired) electrons. The lowest BCUT2D eigenvalue weighted by atomic mass is 9.45. The fourth-order valence-electron chi connectivity index (χ4n) is 7.18. The maximum Gasteiger partial charge on any atom is 0.164 e. The Morgan fingerprint density at radius 1 is 1.04 bits per heavy atom. The third-order valence-electron chi connectivity index (χ3n) is 8.43. The average molecular weight is 316 g/mol. The number of hydrogen-bond donors (Lipinski definition) is 0. The van der Waals surface area contributed by atoms with Gasteiger partial charge >= 0.3 is 0 Å².